The molecule has 0 amide bonds. The molecule has 2 rings (SSSR count). The molecule has 2 heterocycles. The molecule has 100 valence electrons. The van der Waals surface area contributed by atoms with Gasteiger partial charge in [-0.05, 0) is 20.9 Å². The third-order valence-electron chi connectivity index (χ3n) is 3.21. The predicted molar refractivity (Wildman–Crippen MR) is 72.4 cm³/mol. The lowest BCUT2D eigenvalue weighted by molar-refractivity contribution is 0.0520. The number of esters is 1. The first-order valence-corrected chi connectivity index (χ1v) is 7.07. The normalized spacial score (nSPS) is 21.1. The van der Waals surface area contributed by atoms with Crippen LogP contribution in [0.1, 0.15) is 24.3 Å². The van der Waals surface area contributed by atoms with E-state index in [9.17, 15) is 4.79 Å². The molecule has 18 heavy (non-hydrogen) atoms. The number of thiazole rings is 1. The standard InChI is InChI=1S/C12H19N3O2S/c1-4-17-11(16)10-8-18-12(13-10)15-6-5-14(3)9(2)7-15/h8-9H,4-7H2,1-3H3. The summed E-state index contributed by atoms with van der Waals surface area (Å²) in [6.07, 6.45) is 0. The van der Waals surface area contributed by atoms with Crippen LogP contribution in [-0.4, -0.2) is 55.2 Å². The van der Waals surface area contributed by atoms with Gasteiger partial charge in [0, 0.05) is 31.1 Å². The van der Waals surface area contributed by atoms with Crippen LogP contribution in [0.5, 0.6) is 0 Å². The number of carbonyl (C=O) groups excluding carboxylic acids is 1. The highest BCUT2D eigenvalue weighted by Crippen LogP contribution is 2.23. The second-order valence-electron chi connectivity index (χ2n) is 4.51. The molecule has 0 aliphatic carbocycles. The van der Waals surface area contributed by atoms with E-state index in [1.165, 1.54) is 11.3 Å². The molecule has 1 unspecified atom stereocenters. The van der Waals surface area contributed by atoms with Gasteiger partial charge in [0.1, 0.15) is 0 Å². The maximum atomic E-state index is 11.6. The zero-order valence-corrected chi connectivity index (χ0v) is 11.9. The number of anilines is 1. The summed E-state index contributed by atoms with van der Waals surface area (Å²) in [6, 6.07) is 0.508. The summed E-state index contributed by atoms with van der Waals surface area (Å²) in [7, 11) is 2.13. The molecule has 0 saturated carbocycles. The number of ether oxygens (including phenoxy) is 1. The van der Waals surface area contributed by atoms with Gasteiger partial charge in [0.15, 0.2) is 10.8 Å². The molecule has 5 nitrogen and oxygen atoms in total. The zero-order chi connectivity index (χ0) is 13.1. The summed E-state index contributed by atoms with van der Waals surface area (Å²) in [5.74, 6) is -0.331. The molecule has 0 aromatic carbocycles. The number of nitrogens with zero attached hydrogens (tertiary/aromatic N) is 3. The Hall–Kier alpha value is -1.14. The number of likely N-dealkylation sites (N-methyl/N-ethyl adjacent to an activating group) is 1. The first-order valence-electron chi connectivity index (χ1n) is 6.19. The van der Waals surface area contributed by atoms with Gasteiger partial charge in [-0.3, -0.25) is 0 Å². The van der Waals surface area contributed by atoms with Gasteiger partial charge < -0.3 is 14.5 Å². The lowest BCUT2D eigenvalue weighted by atomic mass is 10.2. The van der Waals surface area contributed by atoms with Gasteiger partial charge in [-0.25, -0.2) is 9.78 Å². The molecular formula is C12H19N3O2S. The van der Waals surface area contributed by atoms with E-state index in [0.717, 1.165) is 24.8 Å². The van der Waals surface area contributed by atoms with E-state index in [2.05, 4.69) is 28.8 Å². The van der Waals surface area contributed by atoms with Gasteiger partial charge in [0.25, 0.3) is 0 Å². The van der Waals surface area contributed by atoms with Crippen LogP contribution in [0.25, 0.3) is 0 Å². The molecule has 1 fully saturated rings. The summed E-state index contributed by atoms with van der Waals surface area (Å²) < 4.78 is 4.95. The van der Waals surface area contributed by atoms with Crippen molar-refractivity contribution in [2.24, 2.45) is 0 Å². The van der Waals surface area contributed by atoms with Crippen molar-refractivity contribution >= 4 is 22.4 Å². The molecule has 6 heteroatoms. The number of hydrogen-bond acceptors (Lipinski definition) is 6. The Morgan fingerprint density at radius 1 is 1.61 bits per heavy atom. The van der Waals surface area contributed by atoms with E-state index in [1.54, 1.807) is 12.3 Å². The molecule has 1 aromatic heterocycles. The summed E-state index contributed by atoms with van der Waals surface area (Å²) in [5.41, 5.74) is 0.420. The maximum absolute atomic E-state index is 11.6. The van der Waals surface area contributed by atoms with E-state index >= 15 is 0 Å². The second-order valence-corrected chi connectivity index (χ2v) is 5.35. The monoisotopic (exact) mass is 269 g/mol. The van der Waals surface area contributed by atoms with Crippen LogP contribution < -0.4 is 4.90 Å². The van der Waals surface area contributed by atoms with Crippen molar-refractivity contribution in [3.05, 3.63) is 11.1 Å². The van der Waals surface area contributed by atoms with Crippen molar-refractivity contribution in [3.63, 3.8) is 0 Å². The van der Waals surface area contributed by atoms with Crippen molar-refractivity contribution in [1.29, 1.82) is 0 Å². The molecule has 1 aliphatic rings. The van der Waals surface area contributed by atoms with Crippen LogP contribution in [0.15, 0.2) is 5.38 Å². The van der Waals surface area contributed by atoms with Crippen LogP contribution in [0.4, 0.5) is 5.13 Å². The predicted octanol–water partition coefficient (Wildman–Crippen LogP) is 1.46. The van der Waals surface area contributed by atoms with Gasteiger partial charge in [0.05, 0.1) is 6.61 Å². The van der Waals surface area contributed by atoms with Crippen LogP contribution in [0.3, 0.4) is 0 Å². The van der Waals surface area contributed by atoms with E-state index in [-0.39, 0.29) is 5.97 Å². The highest BCUT2D eigenvalue weighted by atomic mass is 32.1. The minimum absolute atomic E-state index is 0.331. The molecule has 0 N–H and O–H groups in total. The van der Waals surface area contributed by atoms with Gasteiger partial charge in [-0.1, -0.05) is 0 Å². The Kier molecular flexibility index (Phi) is 4.19. The molecule has 0 bridgehead atoms. The first-order chi connectivity index (χ1) is 8.61. The number of piperazine rings is 1. The summed E-state index contributed by atoms with van der Waals surface area (Å²) in [4.78, 5) is 20.5. The molecule has 1 aromatic rings. The first kappa shape index (κ1) is 13.3. The van der Waals surface area contributed by atoms with Crippen LogP contribution in [0, 0.1) is 0 Å². The summed E-state index contributed by atoms with van der Waals surface area (Å²) in [6.45, 7) is 7.31. The van der Waals surface area contributed by atoms with E-state index in [1.807, 2.05) is 0 Å². The van der Waals surface area contributed by atoms with Crippen molar-refractivity contribution < 1.29 is 9.53 Å². The lowest BCUT2D eigenvalue weighted by Crippen LogP contribution is -2.50. The molecular weight excluding hydrogens is 250 g/mol. The Balaban J connectivity index is 2.04. The summed E-state index contributed by atoms with van der Waals surface area (Å²) in [5, 5.41) is 2.69. The third-order valence-corrected chi connectivity index (χ3v) is 4.11. The molecule has 0 radical (unpaired) electrons. The maximum Gasteiger partial charge on any atom is 0.357 e. The Morgan fingerprint density at radius 2 is 2.39 bits per heavy atom. The topological polar surface area (TPSA) is 45.7 Å². The number of hydrogen-bond donors (Lipinski definition) is 0. The van der Waals surface area contributed by atoms with Crippen LogP contribution in [0.2, 0.25) is 0 Å². The number of carbonyl (C=O) groups is 1. The van der Waals surface area contributed by atoms with Gasteiger partial charge >= 0.3 is 5.97 Å². The number of rotatable bonds is 3. The number of aromatic nitrogens is 1. The smallest absolute Gasteiger partial charge is 0.357 e. The molecule has 1 atom stereocenters. The van der Waals surface area contributed by atoms with Gasteiger partial charge in [-0.2, -0.15) is 0 Å². The minimum Gasteiger partial charge on any atom is -0.461 e. The average molecular weight is 269 g/mol. The Labute approximate surface area is 111 Å². The van der Waals surface area contributed by atoms with E-state index in [4.69, 9.17) is 4.74 Å². The fraction of sp³-hybridized carbons (Fsp3) is 0.667. The van der Waals surface area contributed by atoms with Crippen molar-refractivity contribution in [1.82, 2.24) is 9.88 Å². The highest BCUT2D eigenvalue weighted by Gasteiger charge is 2.23. The molecule has 1 aliphatic heterocycles. The average Bonchev–Trinajstić information content (AvgIpc) is 2.82. The zero-order valence-electron chi connectivity index (χ0n) is 11.0. The third kappa shape index (κ3) is 2.81. The SMILES string of the molecule is CCOC(=O)c1csc(N2CCN(C)C(C)C2)n1. The highest BCUT2D eigenvalue weighted by molar-refractivity contribution is 7.13. The lowest BCUT2D eigenvalue weighted by Gasteiger charge is -2.37. The second kappa shape index (κ2) is 5.67. The largest absolute Gasteiger partial charge is 0.461 e. The summed E-state index contributed by atoms with van der Waals surface area (Å²) >= 11 is 1.51. The van der Waals surface area contributed by atoms with Crippen molar-refractivity contribution in [2.45, 2.75) is 19.9 Å². The fourth-order valence-electron chi connectivity index (χ4n) is 1.93. The van der Waals surface area contributed by atoms with Gasteiger partial charge in [0.2, 0.25) is 0 Å². The van der Waals surface area contributed by atoms with Crippen molar-refractivity contribution in [3.8, 4) is 0 Å². The Bertz CT molecular complexity index is 421. The quantitative estimate of drug-likeness (QED) is 0.777. The molecule has 1 saturated heterocycles. The van der Waals surface area contributed by atoms with Crippen LogP contribution >= 0.6 is 11.3 Å². The van der Waals surface area contributed by atoms with Crippen molar-refractivity contribution in [2.75, 3.05) is 38.2 Å². The van der Waals surface area contributed by atoms with E-state index < -0.39 is 0 Å². The fourth-order valence-corrected chi connectivity index (χ4v) is 2.76. The minimum atomic E-state index is -0.331. The van der Waals surface area contributed by atoms with Gasteiger partial charge in [-0.15, -0.1) is 11.3 Å². The van der Waals surface area contributed by atoms with Crippen LogP contribution in [-0.2, 0) is 4.74 Å². The van der Waals surface area contributed by atoms with E-state index in [0.29, 0.717) is 18.3 Å². The molecule has 0 spiro atoms. The Morgan fingerprint density at radius 3 is 3.06 bits per heavy atom.